The molecule has 0 amide bonds. The Balaban J connectivity index is 3.09. The van der Waals surface area contributed by atoms with Gasteiger partial charge in [0.15, 0.2) is 5.78 Å². The van der Waals surface area contributed by atoms with Crippen LogP contribution in [0.15, 0.2) is 0 Å². The van der Waals surface area contributed by atoms with Crippen LogP contribution in [0.3, 0.4) is 0 Å². The molecule has 66 valence electrons. The summed E-state index contributed by atoms with van der Waals surface area (Å²) in [5, 5.41) is 3.08. The normalized spacial score (nSPS) is 10.0. The van der Waals surface area contributed by atoms with Gasteiger partial charge in [-0.05, 0) is 13.5 Å². The van der Waals surface area contributed by atoms with Gasteiger partial charge in [0.25, 0.3) is 0 Å². The van der Waals surface area contributed by atoms with Crippen molar-refractivity contribution in [3.8, 4) is 0 Å². The number of rotatable bonds is 7. The Morgan fingerprint density at radius 3 is 2.73 bits per heavy atom. The number of carbonyl (C=O) groups excluding carboxylic acids is 1. The summed E-state index contributed by atoms with van der Waals surface area (Å²) in [5.74, 6) is 0.174. The first-order chi connectivity index (χ1) is 5.31. The number of ether oxygens (including phenoxy) is 1. The van der Waals surface area contributed by atoms with Crippen LogP contribution in [0.1, 0.15) is 20.3 Å². The van der Waals surface area contributed by atoms with Crippen LogP contribution >= 0.6 is 0 Å². The minimum absolute atomic E-state index is 0.174. The minimum Gasteiger partial charge on any atom is -0.374 e. The highest BCUT2D eigenvalue weighted by atomic mass is 16.5. The van der Waals surface area contributed by atoms with E-state index in [2.05, 4.69) is 5.32 Å². The number of nitrogens with one attached hydrogen (secondary N) is 1. The van der Waals surface area contributed by atoms with Gasteiger partial charge >= 0.3 is 0 Å². The molecule has 0 aromatic heterocycles. The lowest BCUT2D eigenvalue weighted by molar-refractivity contribution is -0.123. The molecule has 0 aromatic rings. The molecule has 0 saturated carbocycles. The highest BCUT2D eigenvalue weighted by Crippen LogP contribution is 1.83. The van der Waals surface area contributed by atoms with E-state index in [0.717, 1.165) is 13.1 Å². The fraction of sp³-hybridized carbons (Fsp3) is 0.875. The zero-order chi connectivity index (χ0) is 8.53. The van der Waals surface area contributed by atoms with Crippen molar-refractivity contribution in [1.82, 2.24) is 5.32 Å². The van der Waals surface area contributed by atoms with E-state index in [1.54, 1.807) is 0 Å². The summed E-state index contributed by atoms with van der Waals surface area (Å²) in [6.07, 6.45) is 0.577. The van der Waals surface area contributed by atoms with Gasteiger partial charge in [0.2, 0.25) is 0 Å². The molecule has 0 saturated heterocycles. The summed E-state index contributed by atoms with van der Waals surface area (Å²) in [7, 11) is 0. The van der Waals surface area contributed by atoms with E-state index in [0.29, 0.717) is 13.0 Å². The molecule has 0 aliphatic rings. The Morgan fingerprint density at radius 2 is 2.18 bits per heavy atom. The number of Topliss-reactive ketones (excluding diaryl/α,β-unsaturated/α-hetero) is 1. The number of hydrogen-bond acceptors (Lipinski definition) is 3. The third-order valence-corrected chi connectivity index (χ3v) is 1.30. The Bertz CT molecular complexity index is 104. The lowest BCUT2D eigenvalue weighted by Crippen LogP contribution is -2.19. The molecule has 0 rings (SSSR count). The molecule has 0 atom stereocenters. The second-order valence-corrected chi connectivity index (χ2v) is 2.28. The van der Waals surface area contributed by atoms with Crippen molar-refractivity contribution in [2.75, 3.05) is 26.3 Å². The molecule has 1 N–H and O–H groups in total. The quantitative estimate of drug-likeness (QED) is 0.552. The largest absolute Gasteiger partial charge is 0.374 e. The van der Waals surface area contributed by atoms with E-state index >= 15 is 0 Å². The molecule has 0 radical (unpaired) electrons. The predicted octanol–water partition coefficient (Wildman–Crippen LogP) is 0.592. The molecule has 0 heterocycles. The summed E-state index contributed by atoms with van der Waals surface area (Å²) in [5.41, 5.74) is 0. The molecule has 0 fully saturated rings. The van der Waals surface area contributed by atoms with Crippen LogP contribution in [0.2, 0.25) is 0 Å². The van der Waals surface area contributed by atoms with E-state index in [1.807, 2.05) is 13.8 Å². The van der Waals surface area contributed by atoms with Gasteiger partial charge in [-0.1, -0.05) is 6.92 Å². The molecule has 11 heavy (non-hydrogen) atoms. The monoisotopic (exact) mass is 159 g/mol. The van der Waals surface area contributed by atoms with Gasteiger partial charge in [-0.3, -0.25) is 4.79 Å². The summed E-state index contributed by atoms with van der Waals surface area (Å²) in [4.78, 5) is 10.9. The van der Waals surface area contributed by atoms with Gasteiger partial charge in [-0.15, -0.1) is 0 Å². The molecule has 3 nitrogen and oxygen atoms in total. The van der Waals surface area contributed by atoms with Crippen LogP contribution in [-0.2, 0) is 9.53 Å². The Morgan fingerprint density at radius 1 is 1.45 bits per heavy atom. The highest BCUT2D eigenvalue weighted by molar-refractivity contribution is 5.79. The Kier molecular flexibility index (Phi) is 7.41. The van der Waals surface area contributed by atoms with Crippen LogP contribution in [0.5, 0.6) is 0 Å². The molecular weight excluding hydrogens is 142 g/mol. The predicted molar refractivity (Wildman–Crippen MR) is 44.7 cm³/mol. The van der Waals surface area contributed by atoms with E-state index < -0.39 is 0 Å². The molecule has 0 unspecified atom stereocenters. The van der Waals surface area contributed by atoms with E-state index in [9.17, 15) is 4.79 Å². The third-order valence-electron chi connectivity index (χ3n) is 1.30. The molecular formula is C8H17NO2. The second-order valence-electron chi connectivity index (χ2n) is 2.28. The van der Waals surface area contributed by atoms with E-state index in [1.165, 1.54) is 0 Å². The van der Waals surface area contributed by atoms with E-state index in [4.69, 9.17) is 4.74 Å². The van der Waals surface area contributed by atoms with Crippen molar-refractivity contribution in [1.29, 1.82) is 0 Å². The maximum absolute atomic E-state index is 10.9. The van der Waals surface area contributed by atoms with Crippen molar-refractivity contribution < 1.29 is 9.53 Å². The zero-order valence-corrected chi connectivity index (χ0v) is 7.35. The average molecular weight is 159 g/mol. The summed E-state index contributed by atoms with van der Waals surface area (Å²) in [6.45, 7) is 6.48. The SMILES string of the molecule is CCNCCC(=O)COCC. The molecule has 0 aliphatic heterocycles. The van der Waals surface area contributed by atoms with Crippen molar-refractivity contribution in [3.63, 3.8) is 0 Å². The molecule has 0 spiro atoms. The zero-order valence-electron chi connectivity index (χ0n) is 7.35. The van der Waals surface area contributed by atoms with Gasteiger partial charge in [0, 0.05) is 19.6 Å². The lowest BCUT2D eigenvalue weighted by atomic mass is 10.3. The van der Waals surface area contributed by atoms with Crippen molar-refractivity contribution in [3.05, 3.63) is 0 Å². The van der Waals surface area contributed by atoms with Gasteiger partial charge in [-0.25, -0.2) is 0 Å². The number of carbonyl (C=O) groups is 1. The molecule has 0 aromatic carbocycles. The molecule has 0 aliphatic carbocycles. The van der Waals surface area contributed by atoms with Gasteiger partial charge in [0.1, 0.15) is 6.61 Å². The van der Waals surface area contributed by atoms with Crippen LogP contribution in [-0.4, -0.2) is 32.1 Å². The van der Waals surface area contributed by atoms with Crippen LogP contribution < -0.4 is 5.32 Å². The smallest absolute Gasteiger partial charge is 0.159 e. The minimum atomic E-state index is 0.174. The number of ketones is 1. The maximum Gasteiger partial charge on any atom is 0.159 e. The van der Waals surface area contributed by atoms with Gasteiger partial charge in [-0.2, -0.15) is 0 Å². The highest BCUT2D eigenvalue weighted by Gasteiger charge is 1.99. The van der Waals surface area contributed by atoms with Crippen LogP contribution in [0.4, 0.5) is 0 Å². The third kappa shape index (κ3) is 7.49. The van der Waals surface area contributed by atoms with Crippen LogP contribution in [0, 0.1) is 0 Å². The Hall–Kier alpha value is -0.410. The van der Waals surface area contributed by atoms with Gasteiger partial charge in [0.05, 0.1) is 0 Å². The summed E-state index contributed by atoms with van der Waals surface area (Å²) < 4.78 is 4.95. The van der Waals surface area contributed by atoms with Crippen molar-refractivity contribution in [2.24, 2.45) is 0 Å². The van der Waals surface area contributed by atoms with Gasteiger partial charge < -0.3 is 10.1 Å². The molecule has 3 heteroatoms. The lowest BCUT2D eigenvalue weighted by Gasteiger charge is -2.00. The van der Waals surface area contributed by atoms with Crippen molar-refractivity contribution in [2.45, 2.75) is 20.3 Å². The first-order valence-corrected chi connectivity index (χ1v) is 4.11. The van der Waals surface area contributed by atoms with E-state index in [-0.39, 0.29) is 12.4 Å². The van der Waals surface area contributed by atoms with Crippen LogP contribution in [0.25, 0.3) is 0 Å². The number of hydrogen-bond donors (Lipinski definition) is 1. The summed E-state index contributed by atoms with van der Waals surface area (Å²) in [6, 6.07) is 0. The first-order valence-electron chi connectivity index (χ1n) is 4.11. The topological polar surface area (TPSA) is 38.3 Å². The fourth-order valence-electron chi connectivity index (χ4n) is 0.693. The second kappa shape index (κ2) is 7.69. The average Bonchev–Trinajstić information content (AvgIpc) is 2.01. The fourth-order valence-corrected chi connectivity index (χ4v) is 0.693. The maximum atomic E-state index is 10.9. The van der Waals surface area contributed by atoms with Crippen molar-refractivity contribution >= 4 is 5.78 Å². The Labute approximate surface area is 68.1 Å². The first kappa shape index (κ1) is 10.6. The molecule has 0 bridgehead atoms. The standard InChI is InChI=1S/C8H17NO2/c1-3-9-6-5-8(10)7-11-4-2/h9H,3-7H2,1-2H3. The summed E-state index contributed by atoms with van der Waals surface area (Å²) >= 11 is 0.